The van der Waals surface area contributed by atoms with E-state index in [0.717, 1.165) is 0 Å². The Morgan fingerprint density at radius 2 is 1.82 bits per heavy atom. The van der Waals surface area contributed by atoms with E-state index in [4.69, 9.17) is 0 Å². The van der Waals surface area contributed by atoms with Crippen LogP contribution in [0.5, 0.6) is 5.95 Å². The standard InChI is InChI=1S/C9H12F3NO2.C2H6/c1-5(2)7-6(3)8(15-13-7)14-4-9(10,11)12;1-2/h5H,4H2,1-3H3;1-2H3. The first kappa shape index (κ1) is 15.8. The SMILES string of the molecule is CC.Cc1c(C(C)C)noc1OCC(F)(F)F. The molecule has 0 amide bonds. The predicted octanol–water partition coefficient (Wildman–Crippen LogP) is 4.07. The first-order valence-corrected chi connectivity index (χ1v) is 5.47. The molecular formula is C11H18F3NO2. The van der Waals surface area contributed by atoms with Crippen LogP contribution in [0, 0.1) is 6.92 Å². The molecule has 0 spiro atoms. The van der Waals surface area contributed by atoms with Crippen molar-refractivity contribution in [2.75, 3.05) is 6.61 Å². The second-order valence-electron chi connectivity index (χ2n) is 3.54. The fourth-order valence-corrected chi connectivity index (χ4v) is 1.15. The van der Waals surface area contributed by atoms with Crippen LogP contribution in [0.1, 0.15) is 44.9 Å². The second kappa shape index (κ2) is 6.51. The average Bonchev–Trinajstić information content (AvgIpc) is 2.59. The van der Waals surface area contributed by atoms with Crippen LogP contribution in [0.4, 0.5) is 13.2 Å². The van der Waals surface area contributed by atoms with Gasteiger partial charge in [0.05, 0.1) is 11.3 Å². The number of ether oxygens (including phenoxy) is 1. The topological polar surface area (TPSA) is 35.3 Å². The lowest BCUT2D eigenvalue weighted by molar-refractivity contribution is -0.156. The zero-order valence-corrected chi connectivity index (χ0v) is 10.7. The summed E-state index contributed by atoms with van der Waals surface area (Å²) in [5.41, 5.74) is 1.14. The molecule has 0 radical (unpaired) electrons. The lowest BCUT2D eigenvalue weighted by Crippen LogP contribution is -2.19. The molecule has 0 atom stereocenters. The molecule has 1 aromatic heterocycles. The summed E-state index contributed by atoms with van der Waals surface area (Å²) < 4.78 is 44.7. The normalized spacial score (nSPS) is 11.1. The fraction of sp³-hybridized carbons (Fsp3) is 0.727. The highest BCUT2D eigenvalue weighted by molar-refractivity contribution is 5.27. The van der Waals surface area contributed by atoms with Gasteiger partial charge in [0.2, 0.25) is 0 Å². The van der Waals surface area contributed by atoms with E-state index in [1.807, 2.05) is 27.7 Å². The van der Waals surface area contributed by atoms with Crippen LogP contribution in [0.2, 0.25) is 0 Å². The van der Waals surface area contributed by atoms with Crippen molar-refractivity contribution in [1.82, 2.24) is 5.16 Å². The average molecular weight is 253 g/mol. The highest BCUT2D eigenvalue weighted by Gasteiger charge is 2.30. The maximum Gasteiger partial charge on any atom is 0.422 e. The summed E-state index contributed by atoms with van der Waals surface area (Å²) in [6.07, 6.45) is -4.36. The Hall–Kier alpha value is -1.20. The van der Waals surface area contributed by atoms with Gasteiger partial charge in [-0.1, -0.05) is 32.9 Å². The summed E-state index contributed by atoms with van der Waals surface area (Å²) in [6, 6.07) is 0. The van der Waals surface area contributed by atoms with E-state index in [1.54, 1.807) is 6.92 Å². The van der Waals surface area contributed by atoms with Gasteiger partial charge in [-0.15, -0.1) is 0 Å². The van der Waals surface area contributed by atoms with E-state index in [0.29, 0.717) is 11.3 Å². The monoisotopic (exact) mass is 253 g/mol. The molecule has 0 N–H and O–H groups in total. The third-order valence-corrected chi connectivity index (χ3v) is 1.83. The number of halogens is 3. The Morgan fingerprint density at radius 3 is 2.18 bits per heavy atom. The highest BCUT2D eigenvalue weighted by Crippen LogP contribution is 2.27. The van der Waals surface area contributed by atoms with E-state index in [2.05, 4.69) is 14.4 Å². The number of aromatic nitrogens is 1. The Kier molecular flexibility index (Phi) is 6.05. The molecule has 0 aliphatic carbocycles. The summed E-state index contributed by atoms with van der Waals surface area (Å²) in [4.78, 5) is 0. The number of alkyl halides is 3. The third kappa shape index (κ3) is 5.10. The quantitative estimate of drug-likeness (QED) is 0.814. The Labute approximate surface area is 98.9 Å². The molecule has 0 bridgehead atoms. The van der Waals surface area contributed by atoms with Crippen molar-refractivity contribution in [2.24, 2.45) is 0 Å². The third-order valence-electron chi connectivity index (χ3n) is 1.83. The first-order chi connectivity index (χ1) is 7.81. The molecule has 0 unspecified atom stereocenters. The molecule has 3 nitrogen and oxygen atoms in total. The van der Waals surface area contributed by atoms with Crippen molar-refractivity contribution in [3.05, 3.63) is 11.3 Å². The summed E-state index contributed by atoms with van der Waals surface area (Å²) >= 11 is 0. The van der Waals surface area contributed by atoms with E-state index >= 15 is 0 Å². The largest absolute Gasteiger partial charge is 0.454 e. The molecule has 17 heavy (non-hydrogen) atoms. The summed E-state index contributed by atoms with van der Waals surface area (Å²) in [6.45, 7) is 8.01. The number of hydrogen-bond donors (Lipinski definition) is 0. The van der Waals surface area contributed by atoms with Crippen molar-refractivity contribution in [3.8, 4) is 5.95 Å². The molecule has 0 saturated carbocycles. The minimum absolute atomic E-state index is 0.0944. The van der Waals surface area contributed by atoms with Gasteiger partial charge in [0.1, 0.15) is 0 Å². The van der Waals surface area contributed by atoms with Gasteiger partial charge >= 0.3 is 12.1 Å². The maximum atomic E-state index is 11.9. The van der Waals surface area contributed by atoms with Gasteiger partial charge in [0.15, 0.2) is 6.61 Å². The van der Waals surface area contributed by atoms with Crippen LogP contribution in [0.15, 0.2) is 4.52 Å². The number of rotatable bonds is 3. The van der Waals surface area contributed by atoms with Crippen LogP contribution >= 0.6 is 0 Å². The number of nitrogens with zero attached hydrogens (tertiary/aromatic N) is 1. The molecule has 0 fully saturated rings. The fourth-order valence-electron chi connectivity index (χ4n) is 1.15. The maximum absolute atomic E-state index is 11.9. The van der Waals surface area contributed by atoms with Crippen LogP contribution in [-0.2, 0) is 0 Å². The zero-order valence-electron chi connectivity index (χ0n) is 10.7. The smallest absolute Gasteiger partial charge is 0.422 e. The van der Waals surface area contributed by atoms with Gasteiger partial charge in [0, 0.05) is 0 Å². The minimum Gasteiger partial charge on any atom is -0.454 e. The van der Waals surface area contributed by atoms with Crippen molar-refractivity contribution in [2.45, 2.75) is 46.7 Å². The molecule has 0 aliphatic heterocycles. The van der Waals surface area contributed by atoms with Gasteiger partial charge in [-0.3, -0.25) is 0 Å². The van der Waals surface area contributed by atoms with Crippen LogP contribution < -0.4 is 4.74 Å². The Balaban J connectivity index is 0.00000121. The molecule has 0 aromatic carbocycles. The first-order valence-electron chi connectivity index (χ1n) is 5.47. The van der Waals surface area contributed by atoms with Gasteiger partial charge in [-0.2, -0.15) is 13.2 Å². The Bertz CT molecular complexity index is 332. The molecule has 6 heteroatoms. The van der Waals surface area contributed by atoms with Crippen molar-refractivity contribution in [3.63, 3.8) is 0 Å². The van der Waals surface area contributed by atoms with Crippen molar-refractivity contribution in [1.29, 1.82) is 0 Å². The summed E-state index contributed by atoms with van der Waals surface area (Å²) in [7, 11) is 0. The van der Waals surface area contributed by atoms with E-state index in [-0.39, 0.29) is 11.9 Å². The Morgan fingerprint density at radius 1 is 1.29 bits per heavy atom. The van der Waals surface area contributed by atoms with Gasteiger partial charge < -0.3 is 9.26 Å². The lowest BCUT2D eigenvalue weighted by atomic mass is 10.1. The predicted molar refractivity (Wildman–Crippen MR) is 58.2 cm³/mol. The molecular weight excluding hydrogens is 235 g/mol. The molecule has 0 saturated heterocycles. The molecule has 1 rings (SSSR count). The zero-order chi connectivity index (χ0) is 13.6. The van der Waals surface area contributed by atoms with Gasteiger partial charge in [-0.05, 0) is 12.8 Å². The van der Waals surface area contributed by atoms with Crippen LogP contribution in [0.25, 0.3) is 0 Å². The molecule has 0 aliphatic rings. The van der Waals surface area contributed by atoms with Gasteiger partial charge in [-0.25, -0.2) is 0 Å². The van der Waals surface area contributed by atoms with Gasteiger partial charge in [0.25, 0.3) is 0 Å². The lowest BCUT2D eigenvalue weighted by Gasteiger charge is -2.06. The van der Waals surface area contributed by atoms with Crippen molar-refractivity contribution < 1.29 is 22.4 Å². The van der Waals surface area contributed by atoms with E-state index in [1.165, 1.54) is 0 Å². The second-order valence-corrected chi connectivity index (χ2v) is 3.54. The summed E-state index contributed by atoms with van der Waals surface area (Å²) in [5, 5.41) is 3.65. The molecule has 1 aromatic rings. The number of hydrogen-bond acceptors (Lipinski definition) is 3. The molecule has 1 heterocycles. The van der Waals surface area contributed by atoms with Crippen LogP contribution in [-0.4, -0.2) is 17.9 Å². The van der Waals surface area contributed by atoms with E-state index < -0.39 is 12.8 Å². The highest BCUT2D eigenvalue weighted by atomic mass is 19.4. The van der Waals surface area contributed by atoms with Crippen LogP contribution in [0.3, 0.4) is 0 Å². The summed E-state index contributed by atoms with van der Waals surface area (Å²) in [5.74, 6) is -0.0620. The minimum atomic E-state index is -4.36. The molecule has 100 valence electrons. The van der Waals surface area contributed by atoms with E-state index in [9.17, 15) is 13.2 Å². The van der Waals surface area contributed by atoms with Crippen molar-refractivity contribution >= 4 is 0 Å².